The lowest BCUT2D eigenvalue weighted by Crippen LogP contribution is -2.48. The number of carbonyl (C=O) groups excluding carboxylic acids is 2. The largest absolute Gasteiger partial charge is 0.354 e. The van der Waals surface area contributed by atoms with E-state index < -0.39 is 11.0 Å². The van der Waals surface area contributed by atoms with Crippen LogP contribution in [0, 0.1) is 23.0 Å². The van der Waals surface area contributed by atoms with Gasteiger partial charge < -0.3 is 10.2 Å². The third-order valence-electron chi connectivity index (χ3n) is 4.93. The molecule has 2 amide bonds. The lowest BCUT2D eigenvalue weighted by Gasteiger charge is -2.29. The summed E-state index contributed by atoms with van der Waals surface area (Å²) in [7, 11) is 0. The van der Waals surface area contributed by atoms with Crippen LogP contribution in [0.2, 0.25) is 0 Å². The highest BCUT2D eigenvalue weighted by molar-refractivity contribution is 7.99. The summed E-state index contributed by atoms with van der Waals surface area (Å²) in [4.78, 5) is 37.7. The number of carbonyl (C=O) groups is 2. The number of non-ortho nitro benzene ring substituents is 1. The van der Waals surface area contributed by atoms with E-state index in [0.717, 1.165) is 16.7 Å². The number of hydrogen-bond donors (Lipinski definition) is 1. The Kier molecular flexibility index (Phi) is 9.71. The first-order chi connectivity index (χ1) is 15.2. The second-order valence-electron chi connectivity index (χ2n) is 8.24. The molecule has 2 aromatic carbocycles. The van der Waals surface area contributed by atoms with Crippen molar-refractivity contribution in [2.75, 3.05) is 12.3 Å². The van der Waals surface area contributed by atoms with Crippen LogP contribution in [-0.4, -0.2) is 40.0 Å². The van der Waals surface area contributed by atoms with E-state index in [0.29, 0.717) is 24.8 Å². The average molecular weight is 458 g/mol. The van der Waals surface area contributed by atoms with Crippen LogP contribution in [-0.2, 0) is 21.9 Å². The van der Waals surface area contributed by atoms with Crippen molar-refractivity contribution in [3.05, 3.63) is 75.3 Å². The maximum atomic E-state index is 13.1. The lowest BCUT2D eigenvalue weighted by molar-refractivity contribution is -0.384. The quantitative estimate of drug-likeness (QED) is 0.401. The van der Waals surface area contributed by atoms with Crippen molar-refractivity contribution < 1.29 is 14.5 Å². The highest BCUT2D eigenvalue weighted by Gasteiger charge is 2.26. The Morgan fingerprint density at radius 2 is 1.78 bits per heavy atom. The molecular formula is C24H31N3O4S. The van der Waals surface area contributed by atoms with Gasteiger partial charge in [-0.1, -0.05) is 55.8 Å². The van der Waals surface area contributed by atoms with Gasteiger partial charge in [0.15, 0.2) is 0 Å². The molecule has 2 aromatic rings. The SMILES string of the molecule is Cc1cccc(CN(C(=O)CSCc2ccc([N+](=O)[O-])cc2)C(C)C(=O)NCC(C)C)c1. The molecule has 8 heteroatoms. The van der Waals surface area contributed by atoms with Crippen LogP contribution in [0.15, 0.2) is 48.5 Å². The predicted molar refractivity (Wildman–Crippen MR) is 128 cm³/mol. The van der Waals surface area contributed by atoms with E-state index >= 15 is 0 Å². The molecule has 0 spiro atoms. The summed E-state index contributed by atoms with van der Waals surface area (Å²) < 4.78 is 0. The molecule has 0 aromatic heterocycles. The second-order valence-corrected chi connectivity index (χ2v) is 9.23. The van der Waals surface area contributed by atoms with Crippen molar-refractivity contribution >= 4 is 29.3 Å². The Morgan fingerprint density at radius 3 is 2.38 bits per heavy atom. The number of nitro groups is 1. The van der Waals surface area contributed by atoms with Gasteiger partial charge in [-0.25, -0.2) is 0 Å². The Labute approximate surface area is 193 Å². The highest BCUT2D eigenvalue weighted by Crippen LogP contribution is 2.19. The van der Waals surface area contributed by atoms with Gasteiger partial charge in [0.1, 0.15) is 6.04 Å². The third-order valence-corrected chi connectivity index (χ3v) is 5.92. The Morgan fingerprint density at radius 1 is 1.09 bits per heavy atom. The van der Waals surface area contributed by atoms with Crippen molar-refractivity contribution in [2.45, 2.75) is 46.0 Å². The van der Waals surface area contributed by atoms with Gasteiger partial charge in [0.25, 0.3) is 5.69 Å². The third kappa shape index (κ3) is 8.00. The van der Waals surface area contributed by atoms with Crippen LogP contribution in [0.4, 0.5) is 5.69 Å². The minimum absolute atomic E-state index is 0.0420. The Bertz CT molecular complexity index is 931. The first-order valence-electron chi connectivity index (χ1n) is 10.6. The minimum Gasteiger partial charge on any atom is -0.354 e. The standard InChI is InChI=1S/C24H31N3O4S/c1-17(2)13-25-24(29)19(4)26(14-21-7-5-6-18(3)12-21)23(28)16-32-15-20-8-10-22(11-9-20)27(30)31/h5-12,17,19H,13-16H2,1-4H3,(H,25,29). The summed E-state index contributed by atoms with van der Waals surface area (Å²) in [6, 6.07) is 13.6. The van der Waals surface area contributed by atoms with Crippen molar-refractivity contribution in [2.24, 2.45) is 5.92 Å². The fraction of sp³-hybridized carbons (Fsp3) is 0.417. The van der Waals surface area contributed by atoms with Crippen molar-refractivity contribution in [1.29, 1.82) is 0 Å². The number of benzene rings is 2. The molecule has 0 aliphatic carbocycles. The van der Waals surface area contributed by atoms with Crippen molar-refractivity contribution in [3.63, 3.8) is 0 Å². The maximum absolute atomic E-state index is 13.1. The minimum atomic E-state index is -0.596. The van der Waals surface area contributed by atoms with Gasteiger partial charge in [-0.3, -0.25) is 19.7 Å². The molecule has 0 aliphatic rings. The molecule has 172 valence electrons. The topological polar surface area (TPSA) is 92.6 Å². The molecule has 0 heterocycles. The van der Waals surface area contributed by atoms with Crippen LogP contribution in [0.3, 0.4) is 0 Å². The van der Waals surface area contributed by atoms with Gasteiger partial charge in [0.05, 0.1) is 10.7 Å². The predicted octanol–water partition coefficient (Wildman–Crippen LogP) is 4.33. The van der Waals surface area contributed by atoms with Gasteiger partial charge in [-0.05, 0) is 30.9 Å². The molecular weight excluding hydrogens is 426 g/mol. The number of hydrogen-bond acceptors (Lipinski definition) is 5. The smallest absolute Gasteiger partial charge is 0.269 e. The molecule has 32 heavy (non-hydrogen) atoms. The first kappa shape index (κ1) is 25.4. The molecule has 1 atom stereocenters. The van der Waals surface area contributed by atoms with Gasteiger partial charge in [0, 0.05) is 31.0 Å². The van der Waals surface area contributed by atoms with E-state index in [1.165, 1.54) is 23.9 Å². The van der Waals surface area contributed by atoms with Crippen molar-refractivity contribution in [1.82, 2.24) is 10.2 Å². The fourth-order valence-corrected chi connectivity index (χ4v) is 3.97. The van der Waals surface area contributed by atoms with Crippen LogP contribution >= 0.6 is 11.8 Å². The van der Waals surface area contributed by atoms with E-state index in [4.69, 9.17) is 0 Å². The molecule has 2 rings (SSSR count). The maximum Gasteiger partial charge on any atom is 0.269 e. The molecule has 0 saturated carbocycles. The fourth-order valence-electron chi connectivity index (χ4n) is 3.10. The summed E-state index contributed by atoms with van der Waals surface area (Å²) in [6.07, 6.45) is 0. The summed E-state index contributed by atoms with van der Waals surface area (Å²) in [5, 5.41) is 13.7. The number of aryl methyl sites for hydroxylation is 1. The van der Waals surface area contributed by atoms with Crippen LogP contribution in [0.1, 0.15) is 37.5 Å². The number of thioether (sulfide) groups is 1. The summed E-state index contributed by atoms with van der Waals surface area (Å²) in [5.41, 5.74) is 3.02. The van der Waals surface area contributed by atoms with E-state index in [-0.39, 0.29) is 23.3 Å². The van der Waals surface area contributed by atoms with Gasteiger partial charge in [-0.2, -0.15) is 0 Å². The molecule has 7 nitrogen and oxygen atoms in total. The van der Waals surface area contributed by atoms with Gasteiger partial charge in [0.2, 0.25) is 11.8 Å². The molecule has 0 radical (unpaired) electrons. The molecule has 1 N–H and O–H groups in total. The van der Waals surface area contributed by atoms with Crippen molar-refractivity contribution in [3.8, 4) is 0 Å². The lowest BCUT2D eigenvalue weighted by atomic mass is 10.1. The number of nitro benzene ring substituents is 1. The monoisotopic (exact) mass is 457 g/mol. The first-order valence-corrected chi connectivity index (χ1v) is 11.8. The van der Waals surface area contributed by atoms with Crippen LogP contribution in [0.5, 0.6) is 0 Å². The Balaban J connectivity index is 2.04. The molecule has 0 fully saturated rings. The summed E-state index contributed by atoms with van der Waals surface area (Å²) in [6.45, 7) is 8.71. The number of nitrogens with one attached hydrogen (secondary N) is 1. The Hall–Kier alpha value is -2.87. The highest BCUT2D eigenvalue weighted by atomic mass is 32.2. The molecule has 0 aliphatic heterocycles. The van der Waals surface area contributed by atoms with Crippen LogP contribution in [0.25, 0.3) is 0 Å². The van der Waals surface area contributed by atoms with E-state index in [1.807, 2.05) is 45.0 Å². The van der Waals surface area contributed by atoms with E-state index in [1.54, 1.807) is 24.0 Å². The summed E-state index contributed by atoms with van der Waals surface area (Å²) in [5.74, 6) is 0.801. The second kappa shape index (κ2) is 12.2. The zero-order chi connectivity index (χ0) is 23.7. The van der Waals surface area contributed by atoms with Gasteiger partial charge >= 0.3 is 0 Å². The zero-order valence-corrected chi connectivity index (χ0v) is 19.9. The van der Waals surface area contributed by atoms with Crippen LogP contribution < -0.4 is 5.32 Å². The normalized spacial score (nSPS) is 11.8. The van der Waals surface area contributed by atoms with E-state index in [2.05, 4.69) is 5.32 Å². The van der Waals surface area contributed by atoms with E-state index in [9.17, 15) is 19.7 Å². The summed E-state index contributed by atoms with van der Waals surface area (Å²) >= 11 is 1.43. The zero-order valence-electron chi connectivity index (χ0n) is 19.0. The number of amides is 2. The molecule has 0 saturated heterocycles. The average Bonchev–Trinajstić information content (AvgIpc) is 2.75. The number of rotatable bonds is 11. The molecule has 1 unspecified atom stereocenters. The number of nitrogens with zero attached hydrogens (tertiary/aromatic N) is 2. The molecule has 0 bridgehead atoms. The van der Waals surface area contributed by atoms with Gasteiger partial charge in [-0.15, -0.1) is 11.8 Å².